The monoisotopic (exact) mass is 374 g/mol. The number of ether oxygens (including phenoxy) is 1. The Bertz CT molecular complexity index is 1020. The van der Waals surface area contributed by atoms with Gasteiger partial charge in [0.1, 0.15) is 5.75 Å². The molecule has 0 aliphatic heterocycles. The number of fused-ring (bicyclic) bond motifs is 1. The molecule has 2 fully saturated rings. The fourth-order valence-electron chi connectivity index (χ4n) is 3.93. The molecule has 4 nitrogen and oxygen atoms in total. The van der Waals surface area contributed by atoms with Gasteiger partial charge in [-0.15, -0.1) is 0 Å². The normalized spacial score (nSPS) is 22.5. The van der Waals surface area contributed by atoms with Crippen LogP contribution in [0.15, 0.2) is 48.7 Å². The lowest BCUT2D eigenvalue weighted by Gasteiger charge is -2.35. The molecule has 1 aromatic heterocycles. The van der Waals surface area contributed by atoms with Gasteiger partial charge in [0, 0.05) is 22.5 Å². The number of rotatable bonds is 5. The summed E-state index contributed by atoms with van der Waals surface area (Å²) < 4.78 is 6.22. The summed E-state index contributed by atoms with van der Waals surface area (Å²) in [7, 11) is 0. The fourth-order valence-corrected chi connectivity index (χ4v) is 3.93. The summed E-state index contributed by atoms with van der Waals surface area (Å²) in [6, 6.07) is 14.9. The summed E-state index contributed by atoms with van der Waals surface area (Å²) in [6.45, 7) is 4.14. The molecule has 144 valence electrons. The summed E-state index contributed by atoms with van der Waals surface area (Å²) in [5.41, 5.74) is 4.37. The largest absolute Gasteiger partial charge is 0.490 e. The third kappa shape index (κ3) is 3.17. The van der Waals surface area contributed by atoms with Crippen LogP contribution in [0.25, 0.3) is 10.9 Å². The smallest absolute Gasteiger partial charge is 0.230 e. The Hall–Kier alpha value is -2.75. The molecule has 0 radical (unpaired) electrons. The Balaban J connectivity index is 1.26. The summed E-state index contributed by atoms with van der Waals surface area (Å²) in [4.78, 5) is 15.6. The molecule has 2 aromatic carbocycles. The number of benzene rings is 2. The van der Waals surface area contributed by atoms with E-state index < -0.39 is 0 Å². The highest BCUT2D eigenvalue weighted by Gasteiger charge is 2.45. The first-order valence-electron chi connectivity index (χ1n) is 10.2. The number of carbonyl (C=O) groups is 1. The lowest BCUT2D eigenvalue weighted by molar-refractivity contribution is -0.120. The van der Waals surface area contributed by atoms with Crippen molar-refractivity contribution < 1.29 is 9.53 Å². The molecular formula is C24H26N2O2. The van der Waals surface area contributed by atoms with Gasteiger partial charge in [-0.3, -0.25) is 4.79 Å². The summed E-state index contributed by atoms with van der Waals surface area (Å²) >= 11 is 0. The molecule has 28 heavy (non-hydrogen) atoms. The standard InChI is InChI=1S/C24H26N2O2/c1-15-3-5-16(6-4-15)17-11-19(12-17)28-18-7-8-21-20(13-18)22(14-25-21)26-23(27)24(2)9-10-24/h3-8,13-14,17,19,25H,9-12H2,1-2H3,(H,26,27)/t17-,19+. The van der Waals surface area contributed by atoms with E-state index in [-0.39, 0.29) is 17.4 Å². The SMILES string of the molecule is Cc1ccc([C@H]2C[C@@H](Oc3ccc4[nH]cc(NC(=O)C5(C)CC5)c4c3)C2)cc1. The number of anilines is 1. The van der Waals surface area contributed by atoms with Crippen molar-refractivity contribution >= 4 is 22.5 Å². The van der Waals surface area contributed by atoms with E-state index in [0.29, 0.717) is 5.92 Å². The first-order valence-corrected chi connectivity index (χ1v) is 10.2. The lowest BCUT2D eigenvalue weighted by atomic mass is 9.77. The van der Waals surface area contributed by atoms with Crippen molar-refractivity contribution in [2.45, 2.75) is 51.6 Å². The van der Waals surface area contributed by atoms with Crippen LogP contribution in [-0.4, -0.2) is 17.0 Å². The average Bonchev–Trinajstić information content (AvgIpc) is 3.30. The minimum atomic E-state index is -0.186. The molecule has 4 heteroatoms. The van der Waals surface area contributed by atoms with Gasteiger partial charge in [0.2, 0.25) is 5.91 Å². The third-order valence-electron chi connectivity index (χ3n) is 6.40. The molecular weight excluding hydrogens is 348 g/mol. The highest BCUT2D eigenvalue weighted by Crippen LogP contribution is 2.46. The molecule has 2 N–H and O–H groups in total. The van der Waals surface area contributed by atoms with Gasteiger partial charge in [-0.05, 0) is 62.3 Å². The van der Waals surface area contributed by atoms with E-state index >= 15 is 0 Å². The quantitative estimate of drug-likeness (QED) is 0.616. The van der Waals surface area contributed by atoms with E-state index in [1.807, 2.05) is 31.3 Å². The molecule has 0 unspecified atom stereocenters. The maximum absolute atomic E-state index is 12.4. The molecule has 1 amide bonds. The van der Waals surface area contributed by atoms with Crippen LogP contribution in [0.1, 0.15) is 49.7 Å². The van der Waals surface area contributed by atoms with Gasteiger partial charge in [0.05, 0.1) is 11.8 Å². The van der Waals surface area contributed by atoms with Crippen LogP contribution in [0, 0.1) is 12.3 Å². The molecule has 0 atom stereocenters. The van der Waals surface area contributed by atoms with E-state index in [9.17, 15) is 4.79 Å². The van der Waals surface area contributed by atoms with Crippen molar-refractivity contribution in [3.05, 3.63) is 59.8 Å². The zero-order valence-electron chi connectivity index (χ0n) is 16.4. The van der Waals surface area contributed by atoms with Gasteiger partial charge < -0.3 is 15.0 Å². The highest BCUT2D eigenvalue weighted by atomic mass is 16.5. The Kier molecular flexibility index (Phi) is 3.97. The Morgan fingerprint density at radius 1 is 1.14 bits per heavy atom. The maximum atomic E-state index is 12.4. The number of hydrogen-bond donors (Lipinski definition) is 2. The van der Waals surface area contributed by atoms with Gasteiger partial charge in [-0.1, -0.05) is 36.8 Å². The minimum Gasteiger partial charge on any atom is -0.490 e. The number of hydrogen-bond acceptors (Lipinski definition) is 2. The van der Waals surface area contributed by atoms with Crippen LogP contribution in [-0.2, 0) is 4.79 Å². The van der Waals surface area contributed by atoms with Gasteiger partial charge in [-0.2, -0.15) is 0 Å². The van der Waals surface area contributed by atoms with Crippen LogP contribution in [0.3, 0.4) is 0 Å². The molecule has 5 rings (SSSR count). The summed E-state index contributed by atoms with van der Waals surface area (Å²) in [5.74, 6) is 1.57. The number of aryl methyl sites for hydroxylation is 1. The predicted molar refractivity (Wildman–Crippen MR) is 112 cm³/mol. The molecule has 2 saturated carbocycles. The molecule has 0 saturated heterocycles. The van der Waals surface area contributed by atoms with Crippen LogP contribution in [0.4, 0.5) is 5.69 Å². The van der Waals surface area contributed by atoms with Gasteiger partial charge >= 0.3 is 0 Å². The van der Waals surface area contributed by atoms with E-state index in [1.54, 1.807) is 0 Å². The number of aromatic nitrogens is 1. The molecule has 3 aromatic rings. The molecule has 2 aliphatic carbocycles. The summed E-state index contributed by atoms with van der Waals surface area (Å²) in [6.07, 6.45) is 6.17. The van der Waals surface area contributed by atoms with Crippen molar-refractivity contribution in [2.24, 2.45) is 5.41 Å². The molecule has 0 bridgehead atoms. The Labute approximate surface area is 165 Å². The summed E-state index contributed by atoms with van der Waals surface area (Å²) in [5, 5.41) is 4.09. The van der Waals surface area contributed by atoms with Crippen molar-refractivity contribution in [3.63, 3.8) is 0 Å². The fraction of sp³-hybridized carbons (Fsp3) is 0.375. The Morgan fingerprint density at radius 3 is 2.61 bits per heavy atom. The van der Waals surface area contributed by atoms with E-state index in [1.165, 1.54) is 11.1 Å². The second-order valence-electron chi connectivity index (χ2n) is 8.74. The predicted octanol–water partition coefficient (Wildman–Crippen LogP) is 5.54. The van der Waals surface area contributed by atoms with Crippen LogP contribution in [0.5, 0.6) is 5.75 Å². The van der Waals surface area contributed by atoms with Crippen molar-refractivity contribution in [1.82, 2.24) is 4.98 Å². The maximum Gasteiger partial charge on any atom is 0.230 e. The van der Waals surface area contributed by atoms with Gasteiger partial charge in [0.25, 0.3) is 0 Å². The van der Waals surface area contributed by atoms with Gasteiger partial charge in [0.15, 0.2) is 0 Å². The van der Waals surface area contributed by atoms with Crippen molar-refractivity contribution in [1.29, 1.82) is 0 Å². The Morgan fingerprint density at radius 2 is 1.89 bits per heavy atom. The van der Waals surface area contributed by atoms with Crippen LogP contribution >= 0.6 is 0 Å². The number of carbonyl (C=O) groups excluding carboxylic acids is 1. The molecule has 2 aliphatic rings. The zero-order valence-corrected chi connectivity index (χ0v) is 16.4. The van der Waals surface area contributed by atoms with Crippen molar-refractivity contribution in [3.8, 4) is 5.75 Å². The number of aromatic amines is 1. The highest BCUT2D eigenvalue weighted by molar-refractivity contribution is 6.04. The molecule has 1 heterocycles. The lowest BCUT2D eigenvalue weighted by Crippen LogP contribution is -2.32. The third-order valence-corrected chi connectivity index (χ3v) is 6.40. The van der Waals surface area contributed by atoms with E-state index in [4.69, 9.17) is 4.74 Å². The number of nitrogens with one attached hydrogen (secondary N) is 2. The van der Waals surface area contributed by atoms with Crippen molar-refractivity contribution in [2.75, 3.05) is 5.32 Å². The van der Waals surface area contributed by atoms with Crippen LogP contribution < -0.4 is 10.1 Å². The average molecular weight is 374 g/mol. The second kappa shape index (κ2) is 6.40. The first kappa shape index (κ1) is 17.4. The minimum absolute atomic E-state index is 0.111. The number of amides is 1. The van der Waals surface area contributed by atoms with Crippen LogP contribution in [0.2, 0.25) is 0 Å². The number of H-pyrrole nitrogens is 1. The van der Waals surface area contributed by atoms with E-state index in [0.717, 1.165) is 48.0 Å². The van der Waals surface area contributed by atoms with Gasteiger partial charge in [-0.25, -0.2) is 0 Å². The zero-order chi connectivity index (χ0) is 19.3. The van der Waals surface area contributed by atoms with E-state index in [2.05, 4.69) is 41.5 Å². The first-order chi connectivity index (χ1) is 13.5. The topological polar surface area (TPSA) is 54.1 Å². The molecule has 0 spiro atoms. The second-order valence-corrected chi connectivity index (χ2v) is 8.74.